The maximum absolute atomic E-state index is 13.1. The van der Waals surface area contributed by atoms with Gasteiger partial charge >= 0.3 is 0 Å². The quantitative estimate of drug-likeness (QED) is 0.869. The molecule has 0 aliphatic heterocycles. The highest BCUT2D eigenvalue weighted by Crippen LogP contribution is 2.17. The number of anilines is 1. The molecule has 0 unspecified atom stereocenters. The van der Waals surface area contributed by atoms with Crippen molar-refractivity contribution in [3.8, 4) is 6.07 Å². The molecule has 0 fully saturated rings. The second kappa shape index (κ2) is 6.38. The lowest BCUT2D eigenvalue weighted by atomic mass is 9.90. The van der Waals surface area contributed by atoms with Gasteiger partial charge in [0.1, 0.15) is 11.4 Å². The summed E-state index contributed by atoms with van der Waals surface area (Å²) in [4.78, 5) is 11.9. The van der Waals surface area contributed by atoms with Gasteiger partial charge in [0, 0.05) is 5.69 Å². The van der Waals surface area contributed by atoms with E-state index in [1.54, 1.807) is 13.0 Å². The first kappa shape index (κ1) is 16.0. The van der Waals surface area contributed by atoms with Crippen molar-refractivity contribution in [2.45, 2.75) is 33.2 Å². The second-order valence-electron chi connectivity index (χ2n) is 5.33. The van der Waals surface area contributed by atoms with Crippen molar-refractivity contribution < 1.29 is 9.18 Å². The van der Waals surface area contributed by atoms with E-state index in [2.05, 4.69) is 16.7 Å². The average Bonchev–Trinajstić information content (AvgIpc) is 2.39. The topological polar surface area (TPSA) is 64.9 Å². The zero-order valence-corrected chi connectivity index (χ0v) is 12.2. The molecule has 5 heteroatoms. The zero-order chi connectivity index (χ0) is 15.3. The number of carbonyl (C=O) groups is 1. The first-order valence-corrected chi connectivity index (χ1v) is 6.51. The number of amides is 1. The molecule has 4 nitrogen and oxygen atoms in total. The largest absolute Gasteiger partial charge is 0.376 e. The minimum Gasteiger partial charge on any atom is -0.376 e. The molecular weight excluding hydrogens is 257 g/mol. The molecule has 0 aliphatic rings. The van der Waals surface area contributed by atoms with Gasteiger partial charge < -0.3 is 10.6 Å². The Morgan fingerprint density at radius 3 is 2.70 bits per heavy atom. The van der Waals surface area contributed by atoms with Crippen molar-refractivity contribution in [3.05, 3.63) is 29.6 Å². The Kier molecular flexibility index (Phi) is 5.09. The van der Waals surface area contributed by atoms with Gasteiger partial charge in [-0.15, -0.1) is 0 Å². The Labute approximate surface area is 119 Å². The van der Waals surface area contributed by atoms with Gasteiger partial charge in [-0.2, -0.15) is 5.26 Å². The molecule has 0 aromatic heterocycles. The molecule has 0 aliphatic carbocycles. The van der Waals surface area contributed by atoms with E-state index in [1.165, 1.54) is 12.1 Å². The van der Waals surface area contributed by atoms with Gasteiger partial charge in [-0.1, -0.05) is 19.9 Å². The lowest BCUT2D eigenvalue weighted by Gasteiger charge is -2.27. The fraction of sp³-hybridized carbons (Fsp3) is 0.467. The summed E-state index contributed by atoms with van der Waals surface area (Å²) in [7, 11) is 0. The molecule has 0 saturated heterocycles. The number of nitrogens with one attached hydrogen (secondary N) is 2. The molecule has 1 aromatic rings. The van der Waals surface area contributed by atoms with Crippen LogP contribution in [0.1, 0.15) is 26.3 Å². The summed E-state index contributed by atoms with van der Waals surface area (Å²) in [5.74, 6) is -0.665. The predicted molar refractivity (Wildman–Crippen MR) is 76.6 cm³/mol. The Hall–Kier alpha value is -2.09. The summed E-state index contributed by atoms with van der Waals surface area (Å²) in [5.41, 5.74) is 0.518. The van der Waals surface area contributed by atoms with Gasteiger partial charge in [0.2, 0.25) is 5.91 Å². The number of nitriles is 1. The van der Waals surface area contributed by atoms with Gasteiger partial charge in [-0.25, -0.2) is 4.39 Å². The number of carbonyl (C=O) groups excluding carboxylic acids is 1. The molecule has 2 N–H and O–H groups in total. The van der Waals surface area contributed by atoms with Crippen LogP contribution in [0, 0.1) is 30.0 Å². The third-order valence-electron chi connectivity index (χ3n) is 3.43. The maximum Gasteiger partial charge on any atom is 0.240 e. The van der Waals surface area contributed by atoms with E-state index in [9.17, 15) is 9.18 Å². The number of hydrogen-bond acceptors (Lipinski definition) is 3. The predicted octanol–water partition coefficient (Wildman–Crippen LogP) is 2.60. The molecule has 0 heterocycles. The van der Waals surface area contributed by atoms with Crippen molar-refractivity contribution in [1.82, 2.24) is 5.32 Å². The lowest BCUT2D eigenvalue weighted by molar-refractivity contribution is -0.121. The van der Waals surface area contributed by atoms with E-state index in [4.69, 9.17) is 5.26 Å². The fourth-order valence-corrected chi connectivity index (χ4v) is 1.60. The molecule has 108 valence electrons. The van der Waals surface area contributed by atoms with Crippen LogP contribution in [-0.4, -0.2) is 18.0 Å². The lowest BCUT2D eigenvalue weighted by Crippen LogP contribution is -2.50. The van der Waals surface area contributed by atoms with Crippen LogP contribution < -0.4 is 10.6 Å². The van der Waals surface area contributed by atoms with Gasteiger partial charge in [0.25, 0.3) is 0 Å². The molecular formula is C15H20FN3O. The van der Waals surface area contributed by atoms with Crippen LogP contribution in [-0.2, 0) is 4.79 Å². The molecule has 1 atom stereocenters. The monoisotopic (exact) mass is 277 g/mol. The number of rotatable bonds is 5. The number of aryl methyl sites for hydroxylation is 1. The summed E-state index contributed by atoms with van der Waals surface area (Å²) >= 11 is 0. The van der Waals surface area contributed by atoms with Gasteiger partial charge in [-0.05, 0) is 37.5 Å². The van der Waals surface area contributed by atoms with E-state index in [1.807, 2.05) is 20.8 Å². The average molecular weight is 277 g/mol. The first-order valence-electron chi connectivity index (χ1n) is 6.51. The van der Waals surface area contributed by atoms with E-state index >= 15 is 0 Å². The normalized spacial score (nSPS) is 13.4. The first-order chi connectivity index (χ1) is 9.28. The van der Waals surface area contributed by atoms with E-state index < -0.39 is 5.54 Å². The highest BCUT2D eigenvalue weighted by molar-refractivity contribution is 5.82. The summed E-state index contributed by atoms with van der Waals surface area (Å²) in [5, 5.41) is 14.7. The Morgan fingerprint density at radius 1 is 1.50 bits per heavy atom. The Bertz CT molecular complexity index is 536. The minimum atomic E-state index is -0.907. The van der Waals surface area contributed by atoms with Crippen LogP contribution in [0.15, 0.2) is 18.2 Å². The van der Waals surface area contributed by atoms with E-state index in [0.29, 0.717) is 5.69 Å². The molecule has 0 bridgehead atoms. The second-order valence-corrected chi connectivity index (χ2v) is 5.33. The number of hydrogen-bond donors (Lipinski definition) is 2. The molecule has 1 rings (SSSR count). The SMILES string of the molecule is Cc1ccc(F)cc1NCC(=O)N[C@@](C)(C#N)C(C)C. The number of benzene rings is 1. The molecule has 0 saturated carbocycles. The van der Waals surface area contributed by atoms with Crippen molar-refractivity contribution in [2.24, 2.45) is 5.92 Å². The van der Waals surface area contributed by atoms with Crippen LogP contribution in [0.25, 0.3) is 0 Å². The van der Waals surface area contributed by atoms with Crippen LogP contribution in [0.2, 0.25) is 0 Å². The van der Waals surface area contributed by atoms with Crippen molar-refractivity contribution >= 4 is 11.6 Å². The minimum absolute atomic E-state index is 0.00567. The molecule has 0 spiro atoms. The van der Waals surface area contributed by atoms with Gasteiger partial charge in [0.15, 0.2) is 0 Å². The number of halogens is 1. The van der Waals surface area contributed by atoms with Gasteiger partial charge in [-0.3, -0.25) is 4.79 Å². The molecule has 1 amide bonds. The van der Waals surface area contributed by atoms with Crippen LogP contribution in [0.3, 0.4) is 0 Å². The third-order valence-corrected chi connectivity index (χ3v) is 3.43. The van der Waals surface area contributed by atoms with Crippen molar-refractivity contribution in [1.29, 1.82) is 5.26 Å². The molecule has 1 aromatic carbocycles. The number of nitrogens with zero attached hydrogens (tertiary/aromatic N) is 1. The fourth-order valence-electron chi connectivity index (χ4n) is 1.60. The van der Waals surface area contributed by atoms with E-state index in [-0.39, 0.29) is 24.2 Å². The Balaban J connectivity index is 2.65. The molecule has 0 radical (unpaired) electrons. The summed E-state index contributed by atoms with van der Waals surface area (Å²) < 4.78 is 13.1. The van der Waals surface area contributed by atoms with Crippen molar-refractivity contribution in [2.75, 3.05) is 11.9 Å². The summed E-state index contributed by atoms with van der Waals surface area (Å²) in [6.45, 7) is 7.24. The summed E-state index contributed by atoms with van der Waals surface area (Å²) in [6.07, 6.45) is 0. The maximum atomic E-state index is 13.1. The smallest absolute Gasteiger partial charge is 0.240 e. The highest BCUT2D eigenvalue weighted by Gasteiger charge is 2.29. The zero-order valence-electron chi connectivity index (χ0n) is 12.2. The van der Waals surface area contributed by atoms with E-state index in [0.717, 1.165) is 5.56 Å². The molecule has 20 heavy (non-hydrogen) atoms. The standard InChI is InChI=1S/C15H20FN3O/c1-10(2)15(4,9-17)19-14(20)8-18-13-7-12(16)6-5-11(13)3/h5-7,10,18H,8H2,1-4H3,(H,19,20)/t15-/m0/s1. The van der Waals surface area contributed by atoms with Gasteiger partial charge in [0.05, 0.1) is 12.6 Å². The van der Waals surface area contributed by atoms with Crippen LogP contribution in [0.5, 0.6) is 0 Å². The van der Waals surface area contributed by atoms with Crippen LogP contribution >= 0.6 is 0 Å². The third kappa shape index (κ3) is 3.95. The van der Waals surface area contributed by atoms with Crippen molar-refractivity contribution in [3.63, 3.8) is 0 Å². The summed E-state index contributed by atoms with van der Waals surface area (Å²) in [6, 6.07) is 6.46. The van der Waals surface area contributed by atoms with Crippen LogP contribution in [0.4, 0.5) is 10.1 Å². The highest BCUT2D eigenvalue weighted by atomic mass is 19.1. The Morgan fingerprint density at radius 2 is 2.15 bits per heavy atom.